The number of benzene rings is 1. The zero-order valence-corrected chi connectivity index (χ0v) is 18.0. The molecule has 0 N–H and O–H groups in total. The van der Waals surface area contributed by atoms with E-state index in [0.717, 1.165) is 23.1 Å². The third-order valence-electron chi connectivity index (χ3n) is 4.90. The maximum Gasteiger partial charge on any atom is 0.243 e. The molecule has 1 aliphatic heterocycles. The van der Waals surface area contributed by atoms with Crippen LogP contribution in [-0.4, -0.2) is 57.5 Å². The lowest BCUT2D eigenvalue weighted by Gasteiger charge is -2.20. The Morgan fingerprint density at radius 2 is 1.82 bits per heavy atom. The average Bonchev–Trinajstić information content (AvgIpc) is 3.21. The van der Waals surface area contributed by atoms with Gasteiger partial charge in [-0.25, -0.2) is 12.8 Å². The van der Waals surface area contributed by atoms with Crippen molar-refractivity contribution in [3.8, 4) is 12.8 Å². The molecule has 0 amide bonds. The minimum atomic E-state index is -3.44. The van der Waals surface area contributed by atoms with E-state index in [1.54, 1.807) is 23.4 Å². The number of terminal acetylenes is 1. The van der Waals surface area contributed by atoms with Gasteiger partial charge in [-0.2, -0.15) is 4.31 Å². The average molecular weight is 407 g/mol. The van der Waals surface area contributed by atoms with Crippen LogP contribution in [0.2, 0.25) is 0 Å². The zero-order chi connectivity index (χ0) is 21.3. The van der Waals surface area contributed by atoms with Gasteiger partial charge in [0.1, 0.15) is 6.67 Å². The van der Waals surface area contributed by atoms with Crippen LogP contribution in [0.1, 0.15) is 32.3 Å². The first kappa shape index (κ1) is 24.1. The summed E-state index contributed by atoms with van der Waals surface area (Å²) < 4.78 is 39.6. The first-order chi connectivity index (χ1) is 13.3. The van der Waals surface area contributed by atoms with Crippen LogP contribution >= 0.6 is 0 Å². The smallest absolute Gasteiger partial charge is 0.243 e. The van der Waals surface area contributed by atoms with Gasteiger partial charge in [0.05, 0.1) is 4.90 Å². The third kappa shape index (κ3) is 6.30. The van der Waals surface area contributed by atoms with E-state index in [2.05, 4.69) is 17.7 Å². The van der Waals surface area contributed by atoms with Gasteiger partial charge in [-0.15, -0.1) is 12.8 Å². The van der Waals surface area contributed by atoms with Crippen molar-refractivity contribution >= 4 is 15.6 Å². The number of rotatable bonds is 7. The summed E-state index contributed by atoms with van der Waals surface area (Å²) in [6, 6.07) is 7.30. The van der Waals surface area contributed by atoms with Crippen LogP contribution in [0.3, 0.4) is 0 Å². The molecule has 1 aromatic carbocycles. The van der Waals surface area contributed by atoms with E-state index >= 15 is 0 Å². The van der Waals surface area contributed by atoms with Crippen molar-refractivity contribution in [3.05, 3.63) is 47.6 Å². The Morgan fingerprint density at radius 1 is 1.21 bits per heavy atom. The molecule has 0 aliphatic carbocycles. The Kier molecular flexibility index (Phi) is 9.60. The minimum Gasteiger partial charge on any atom is -0.305 e. The van der Waals surface area contributed by atoms with Gasteiger partial charge in [0.2, 0.25) is 10.0 Å². The molecule has 6 heteroatoms. The van der Waals surface area contributed by atoms with Gasteiger partial charge in [-0.1, -0.05) is 24.3 Å². The summed E-state index contributed by atoms with van der Waals surface area (Å²) in [6.07, 6.45) is 13.4. The van der Waals surface area contributed by atoms with Gasteiger partial charge in [-0.3, -0.25) is 0 Å². The van der Waals surface area contributed by atoms with Crippen LogP contribution in [0.4, 0.5) is 4.39 Å². The predicted molar refractivity (Wildman–Crippen MR) is 115 cm³/mol. The van der Waals surface area contributed by atoms with Crippen molar-refractivity contribution in [2.75, 3.05) is 33.9 Å². The Hall–Kier alpha value is -1.94. The maximum absolute atomic E-state index is 12.8. The molecule has 0 aromatic heterocycles. The fourth-order valence-electron chi connectivity index (χ4n) is 3.00. The summed E-state index contributed by atoms with van der Waals surface area (Å²) in [5.74, 6) is 0. The SMILES string of the molecule is C#C.C/C(=C\C/C=C(\C)c1ccc(S(=O)(=O)N2CCC(N(C)C)C2)cc1)CF. The molecular weight excluding hydrogens is 375 g/mol. The lowest BCUT2D eigenvalue weighted by molar-refractivity contribution is 0.302. The molecule has 4 nitrogen and oxygen atoms in total. The van der Waals surface area contributed by atoms with Crippen molar-refractivity contribution in [2.45, 2.75) is 37.6 Å². The number of allylic oxidation sites excluding steroid dienone is 4. The van der Waals surface area contributed by atoms with E-state index in [-0.39, 0.29) is 6.04 Å². The monoisotopic (exact) mass is 406 g/mol. The van der Waals surface area contributed by atoms with E-state index in [0.29, 0.717) is 24.4 Å². The van der Waals surface area contributed by atoms with Crippen LogP contribution < -0.4 is 0 Å². The molecule has 1 aliphatic rings. The van der Waals surface area contributed by atoms with Gasteiger partial charge in [-0.05, 0) is 69.6 Å². The summed E-state index contributed by atoms with van der Waals surface area (Å²) in [6.45, 7) is 4.42. The lowest BCUT2D eigenvalue weighted by atomic mass is 10.1. The second-order valence-electron chi connectivity index (χ2n) is 7.10. The Balaban J connectivity index is 0.00000190. The number of halogens is 1. The van der Waals surface area contributed by atoms with Crippen LogP contribution in [0.5, 0.6) is 0 Å². The Morgan fingerprint density at radius 3 is 2.32 bits per heavy atom. The molecule has 0 saturated carbocycles. The van der Waals surface area contributed by atoms with Crippen LogP contribution in [0.25, 0.3) is 5.57 Å². The second kappa shape index (κ2) is 11.2. The molecule has 154 valence electrons. The van der Waals surface area contributed by atoms with Gasteiger partial charge < -0.3 is 4.90 Å². The van der Waals surface area contributed by atoms with E-state index in [1.165, 1.54) is 0 Å². The number of alkyl halides is 1. The quantitative estimate of drug-likeness (QED) is 0.508. The lowest BCUT2D eigenvalue weighted by Crippen LogP contribution is -2.34. The predicted octanol–water partition coefficient (Wildman–Crippen LogP) is 3.97. The van der Waals surface area contributed by atoms with Crippen molar-refractivity contribution < 1.29 is 12.8 Å². The van der Waals surface area contributed by atoms with Crippen LogP contribution in [-0.2, 0) is 10.0 Å². The molecule has 0 bridgehead atoms. The zero-order valence-electron chi connectivity index (χ0n) is 17.2. The fourth-order valence-corrected chi connectivity index (χ4v) is 4.49. The van der Waals surface area contributed by atoms with Gasteiger partial charge >= 0.3 is 0 Å². The molecule has 2 rings (SSSR count). The number of hydrogen-bond donors (Lipinski definition) is 0. The van der Waals surface area contributed by atoms with E-state index in [1.807, 2.05) is 45.3 Å². The van der Waals surface area contributed by atoms with Crippen molar-refractivity contribution in [1.29, 1.82) is 0 Å². The topological polar surface area (TPSA) is 40.6 Å². The fraction of sp³-hybridized carbons (Fsp3) is 0.455. The summed E-state index contributed by atoms with van der Waals surface area (Å²) in [5, 5.41) is 0. The van der Waals surface area contributed by atoms with Crippen LogP contribution in [0, 0.1) is 12.8 Å². The number of hydrogen-bond acceptors (Lipinski definition) is 3. The molecule has 28 heavy (non-hydrogen) atoms. The highest BCUT2D eigenvalue weighted by Gasteiger charge is 2.33. The summed E-state index contributed by atoms with van der Waals surface area (Å²) >= 11 is 0. The summed E-state index contributed by atoms with van der Waals surface area (Å²) in [4.78, 5) is 2.41. The Labute approximate surface area is 169 Å². The van der Waals surface area contributed by atoms with E-state index in [9.17, 15) is 12.8 Å². The maximum atomic E-state index is 12.8. The van der Waals surface area contributed by atoms with Crippen molar-refractivity contribution in [3.63, 3.8) is 0 Å². The van der Waals surface area contributed by atoms with E-state index in [4.69, 9.17) is 0 Å². The van der Waals surface area contributed by atoms with Crippen LogP contribution in [0.15, 0.2) is 46.9 Å². The molecule has 1 aromatic rings. The normalized spacial score (nSPS) is 18.8. The molecule has 1 unspecified atom stereocenters. The third-order valence-corrected chi connectivity index (χ3v) is 6.78. The Bertz CT molecular complexity index is 809. The minimum absolute atomic E-state index is 0.273. The number of nitrogens with zero attached hydrogens (tertiary/aromatic N) is 2. The summed E-state index contributed by atoms with van der Waals surface area (Å²) in [5.41, 5.74) is 2.74. The molecule has 0 radical (unpaired) electrons. The second-order valence-corrected chi connectivity index (χ2v) is 9.04. The first-order valence-electron chi connectivity index (χ1n) is 9.24. The standard InChI is InChI=1S/C20H29FN2O2S.C2H2/c1-16(14-21)6-5-7-17(2)18-8-10-20(11-9-18)26(24,25)23-13-12-19(15-23)22(3)4;1-2/h6-11,19H,5,12-15H2,1-4H3;1-2H/b16-6+,17-7+;. The van der Waals surface area contributed by atoms with Gasteiger partial charge in [0.15, 0.2) is 0 Å². The first-order valence-corrected chi connectivity index (χ1v) is 10.7. The molecule has 1 fully saturated rings. The highest BCUT2D eigenvalue weighted by Crippen LogP contribution is 2.24. The van der Waals surface area contributed by atoms with Crippen molar-refractivity contribution in [2.24, 2.45) is 0 Å². The van der Waals surface area contributed by atoms with E-state index < -0.39 is 16.7 Å². The molecule has 1 heterocycles. The molecular formula is C22H31FN2O2S. The molecule has 1 atom stereocenters. The highest BCUT2D eigenvalue weighted by molar-refractivity contribution is 7.89. The molecule has 1 saturated heterocycles. The van der Waals surface area contributed by atoms with Crippen molar-refractivity contribution in [1.82, 2.24) is 9.21 Å². The molecule has 0 spiro atoms. The van der Waals surface area contributed by atoms with Gasteiger partial charge in [0, 0.05) is 19.1 Å². The number of likely N-dealkylation sites (N-methyl/N-ethyl adjacent to an activating group) is 1. The summed E-state index contributed by atoms with van der Waals surface area (Å²) in [7, 11) is 0.519. The highest BCUT2D eigenvalue weighted by atomic mass is 32.2. The number of sulfonamides is 1. The largest absolute Gasteiger partial charge is 0.305 e. The van der Waals surface area contributed by atoms with Gasteiger partial charge in [0.25, 0.3) is 0 Å².